The van der Waals surface area contributed by atoms with Gasteiger partial charge in [0.05, 0.1) is 6.04 Å². The van der Waals surface area contributed by atoms with E-state index in [0.29, 0.717) is 25.8 Å². The lowest BCUT2D eigenvalue weighted by molar-refractivity contribution is -0.144. The van der Waals surface area contributed by atoms with E-state index in [1.165, 1.54) is 11.0 Å². The summed E-state index contributed by atoms with van der Waals surface area (Å²) in [5.41, 5.74) is 4.64. The van der Waals surface area contributed by atoms with Crippen LogP contribution in [0.2, 0.25) is 0 Å². The zero-order valence-electron chi connectivity index (χ0n) is 19.8. The van der Waals surface area contributed by atoms with Crippen LogP contribution >= 0.6 is 0 Å². The molecule has 2 aliphatic rings. The highest BCUT2D eigenvalue weighted by Gasteiger charge is 2.43. The van der Waals surface area contributed by atoms with Crippen LogP contribution < -0.4 is 21.7 Å². The van der Waals surface area contributed by atoms with E-state index in [2.05, 4.69) is 22.5 Å². The highest BCUT2D eigenvalue weighted by Crippen LogP contribution is 2.31. The van der Waals surface area contributed by atoms with Gasteiger partial charge in [0.25, 0.3) is 5.91 Å². The van der Waals surface area contributed by atoms with Crippen molar-refractivity contribution in [2.24, 2.45) is 17.1 Å². The van der Waals surface area contributed by atoms with E-state index in [-0.39, 0.29) is 12.5 Å². The van der Waals surface area contributed by atoms with Crippen molar-refractivity contribution in [2.75, 3.05) is 13.1 Å². The first-order chi connectivity index (χ1) is 15.5. The summed E-state index contributed by atoms with van der Waals surface area (Å²) in [4.78, 5) is 64.3. The molecule has 1 saturated heterocycles. The third-order valence-corrected chi connectivity index (χ3v) is 6.30. The zero-order valence-corrected chi connectivity index (χ0v) is 19.8. The number of nitrogens with two attached hydrogens (primary N) is 1. The van der Waals surface area contributed by atoms with Crippen LogP contribution in [0.5, 0.6) is 0 Å². The first-order valence-electron chi connectivity index (χ1n) is 11.6. The van der Waals surface area contributed by atoms with Crippen molar-refractivity contribution in [3.05, 3.63) is 12.7 Å². The highest BCUT2D eigenvalue weighted by molar-refractivity contribution is 6.38. The summed E-state index contributed by atoms with van der Waals surface area (Å²) < 4.78 is 0. The van der Waals surface area contributed by atoms with Crippen molar-refractivity contribution in [3.8, 4) is 0 Å². The lowest BCUT2D eigenvalue weighted by Gasteiger charge is -2.35. The molecule has 0 aromatic carbocycles. The molecule has 1 saturated carbocycles. The van der Waals surface area contributed by atoms with E-state index in [9.17, 15) is 24.0 Å². The topological polar surface area (TPSA) is 151 Å². The number of carbonyl (C=O) groups excluding carboxylic acids is 5. The summed E-state index contributed by atoms with van der Waals surface area (Å²) in [5.74, 6) is -2.06. The molecule has 0 bridgehead atoms. The van der Waals surface area contributed by atoms with E-state index in [0.717, 1.165) is 19.3 Å². The van der Waals surface area contributed by atoms with E-state index >= 15 is 0 Å². The molecular formula is C23H37N5O5. The van der Waals surface area contributed by atoms with Crippen molar-refractivity contribution in [2.45, 2.75) is 77.4 Å². The minimum Gasteiger partial charge on any atom is -0.352 e. The van der Waals surface area contributed by atoms with Crippen LogP contribution in [0.15, 0.2) is 12.7 Å². The van der Waals surface area contributed by atoms with E-state index in [1.807, 2.05) is 0 Å². The second kappa shape index (κ2) is 11.3. The van der Waals surface area contributed by atoms with Gasteiger partial charge in [-0.2, -0.15) is 0 Å². The number of urea groups is 1. The predicted molar refractivity (Wildman–Crippen MR) is 123 cm³/mol. The smallest absolute Gasteiger partial charge is 0.312 e. The molecule has 0 aromatic heterocycles. The fourth-order valence-corrected chi connectivity index (χ4v) is 4.23. The lowest BCUT2D eigenvalue weighted by Crippen LogP contribution is -2.59. The average molecular weight is 464 g/mol. The molecule has 1 unspecified atom stereocenters. The molecule has 5 amide bonds. The van der Waals surface area contributed by atoms with Crippen LogP contribution in [-0.4, -0.2) is 65.7 Å². The number of carbonyl (C=O) groups is 5. The van der Waals surface area contributed by atoms with Gasteiger partial charge in [-0.05, 0) is 30.6 Å². The van der Waals surface area contributed by atoms with Crippen molar-refractivity contribution in [1.29, 1.82) is 0 Å². The van der Waals surface area contributed by atoms with E-state index < -0.39 is 53.1 Å². The molecule has 1 heterocycles. The molecular weight excluding hydrogens is 426 g/mol. The Hall–Kier alpha value is -2.91. The van der Waals surface area contributed by atoms with Gasteiger partial charge in [-0.1, -0.05) is 46.1 Å². The number of hydrogen-bond donors (Lipinski definition) is 4. The van der Waals surface area contributed by atoms with Crippen LogP contribution in [0.3, 0.4) is 0 Å². The third kappa shape index (κ3) is 7.03. The summed E-state index contributed by atoms with van der Waals surface area (Å²) in [5, 5.41) is 7.70. The van der Waals surface area contributed by atoms with Crippen LogP contribution in [0.1, 0.15) is 59.3 Å². The van der Waals surface area contributed by atoms with Gasteiger partial charge < -0.3 is 26.6 Å². The number of likely N-dealkylation sites (tertiary alicyclic amines) is 1. The molecule has 0 spiro atoms. The highest BCUT2D eigenvalue weighted by atomic mass is 16.2. The van der Waals surface area contributed by atoms with Gasteiger partial charge in [0.1, 0.15) is 12.1 Å². The molecule has 1 aliphatic carbocycles. The number of nitrogens with zero attached hydrogens (tertiary/aromatic N) is 1. The molecule has 1 aliphatic heterocycles. The first-order valence-corrected chi connectivity index (χ1v) is 11.6. The molecule has 2 rings (SSSR count). The maximum atomic E-state index is 13.3. The summed E-state index contributed by atoms with van der Waals surface area (Å²) in [7, 11) is 0. The number of primary amides is 1. The molecule has 0 aromatic rings. The predicted octanol–water partition coefficient (Wildman–Crippen LogP) is 0.607. The van der Waals surface area contributed by atoms with Crippen molar-refractivity contribution in [3.63, 3.8) is 0 Å². The molecule has 5 N–H and O–H groups in total. The van der Waals surface area contributed by atoms with Gasteiger partial charge >= 0.3 is 6.03 Å². The molecule has 0 radical (unpaired) electrons. The molecule has 10 nitrogen and oxygen atoms in total. The van der Waals surface area contributed by atoms with Gasteiger partial charge in [-0.15, -0.1) is 6.58 Å². The van der Waals surface area contributed by atoms with Gasteiger partial charge in [0.2, 0.25) is 17.6 Å². The second-order valence-electron chi connectivity index (χ2n) is 9.95. The molecule has 3 atom stereocenters. The van der Waals surface area contributed by atoms with Crippen molar-refractivity contribution < 1.29 is 24.0 Å². The van der Waals surface area contributed by atoms with Crippen LogP contribution in [0, 0.1) is 11.3 Å². The Bertz CT molecular complexity index is 787. The Morgan fingerprint density at radius 1 is 1.09 bits per heavy atom. The van der Waals surface area contributed by atoms with E-state index in [4.69, 9.17) is 5.73 Å². The van der Waals surface area contributed by atoms with Gasteiger partial charge in [-0.3, -0.25) is 19.2 Å². The van der Waals surface area contributed by atoms with Gasteiger partial charge in [-0.25, -0.2) is 4.79 Å². The molecule has 33 heavy (non-hydrogen) atoms. The summed E-state index contributed by atoms with van der Waals surface area (Å²) in [6.07, 6.45) is 5.87. The molecule has 10 heteroatoms. The van der Waals surface area contributed by atoms with Crippen molar-refractivity contribution >= 4 is 29.5 Å². The van der Waals surface area contributed by atoms with Crippen LogP contribution in [0.25, 0.3) is 0 Å². The lowest BCUT2D eigenvalue weighted by atomic mass is 9.80. The summed E-state index contributed by atoms with van der Waals surface area (Å²) in [6, 6.07) is -3.46. The number of amides is 5. The first kappa shape index (κ1) is 26.3. The molecule has 2 fully saturated rings. The average Bonchev–Trinajstić information content (AvgIpc) is 3.19. The Kier molecular flexibility index (Phi) is 9.01. The number of ketones is 1. The quantitative estimate of drug-likeness (QED) is 0.276. The van der Waals surface area contributed by atoms with Gasteiger partial charge in [0.15, 0.2) is 0 Å². The maximum absolute atomic E-state index is 13.3. The van der Waals surface area contributed by atoms with Gasteiger partial charge in [0, 0.05) is 13.1 Å². The fraction of sp³-hybridized carbons (Fsp3) is 0.696. The Labute approximate surface area is 195 Å². The summed E-state index contributed by atoms with van der Waals surface area (Å²) in [6.45, 7) is 9.41. The number of nitrogens with one attached hydrogen (secondary N) is 3. The zero-order chi connectivity index (χ0) is 24.8. The summed E-state index contributed by atoms with van der Waals surface area (Å²) >= 11 is 0. The largest absolute Gasteiger partial charge is 0.352 e. The van der Waals surface area contributed by atoms with E-state index in [1.54, 1.807) is 20.8 Å². The number of Topliss-reactive ketones (excluding diaryl/α,β-unsaturated/α-hetero) is 1. The number of hydrogen-bond acceptors (Lipinski definition) is 5. The second-order valence-corrected chi connectivity index (χ2v) is 9.95. The fourth-order valence-electron chi connectivity index (χ4n) is 4.23. The molecule has 184 valence electrons. The maximum Gasteiger partial charge on any atom is 0.312 e. The normalized spacial score (nSPS) is 20.2. The van der Waals surface area contributed by atoms with Crippen LogP contribution in [0.4, 0.5) is 4.79 Å². The minimum absolute atomic E-state index is 0.153. The Balaban J connectivity index is 2.15. The monoisotopic (exact) mass is 463 g/mol. The third-order valence-electron chi connectivity index (χ3n) is 6.30. The number of rotatable bonds is 10. The minimum atomic E-state index is -0.952. The Morgan fingerprint density at radius 3 is 2.27 bits per heavy atom. The standard InChI is InChI=1S/C23H37N5O5/c1-5-11-25-20(31)17(29)15(13-14-8-6-9-14)26-19(30)16-10-7-12-28(16)21(32)18(23(2,3)4)27-22(24)33/h5,14-16,18H,1,6-13H2,2-4H3,(H,25,31)(H,26,30)(H3,24,27,33)/t15?,16-,18+/m0/s1. The Morgan fingerprint density at radius 2 is 1.76 bits per heavy atom. The van der Waals surface area contributed by atoms with Crippen LogP contribution in [-0.2, 0) is 19.2 Å². The SMILES string of the molecule is C=CCNC(=O)C(=O)C(CC1CCC1)NC(=O)[C@@H]1CCCN1C(=O)[C@@H](NC(N)=O)C(C)(C)C. The van der Waals surface area contributed by atoms with Crippen molar-refractivity contribution in [1.82, 2.24) is 20.9 Å².